The molecule has 57 valence electrons. The standard InChI is InChI=1S/C8H15N2/c1-2-10-4-3-7-5-9-6-8(7)10/h4,7-9H,2-3,5-6H2,1H3. The summed E-state index contributed by atoms with van der Waals surface area (Å²) in [4.78, 5) is 2.48. The molecule has 2 rings (SSSR count). The zero-order chi connectivity index (χ0) is 6.97. The van der Waals surface area contributed by atoms with Gasteiger partial charge in [-0.05, 0) is 25.4 Å². The second kappa shape index (κ2) is 2.51. The highest BCUT2D eigenvalue weighted by atomic mass is 15.2. The highest BCUT2D eigenvalue weighted by Gasteiger charge is 2.36. The predicted octanol–water partition coefficient (Wildman–Crippen LogP) is 0.462. The van der Waals surface area contributed by atoms with Crippen LogP contribution in [0.15, 0.2) is 0 Å². The van der Waals surface area contributed by atoms with E-state index in [1.807, 2.05) is 0 Å². The van der Waals surface area contributed by atoms with Crippen molar-refractivity contribution in [2.45, 2.75) is 19.4 Å². The fourth-order valence-corrected chi connectivity index (χ4v) is 2.12. The van der Waals surface area contributed by atoms with Crippen LogP contribution in [0.1, 0.15) is 13.3 Å². The molecule has 0 aromatic rings. The van der Waals surface area contributed by atoms with Gasteiger partial charge in [0.1, 0.15) is 0 Å². The molecule has 2 heteroatoms. The van der Waals surface area contributed by atoms with Crippen molar-refractivity contribution in [2.24, 2.45) is 5.92 Å². The first kappa shape index (κ1) is 6.62. The van der Waals surface area contributed by atoms with Gasteiger partial charge in [-0.2, -0.15) is 0 Å². The fraction of sp³-hybridized carbons (Fsp3) is 0.875. The summed E-state index contributed by atoms with van der Waals surface area (Å²) < 4.78 is 0. The van der Waals surface area contributed by atoms with Crippen LogP contribution in [-0.4, -0.2) is 30.6 Å². The number of rotatable bonds is 1. The lowest BCUT2D eigenvalue weighted by atomic mass is 10.1. The Kier molecular flexibility index (Phi) is 1.66. The number of likely N-dealkylation sites (N-methyl/N-ethyl adjacent to an activating group) is 1. The quantitative estimate of drug-likeness (QED) is 0.568. The molecule has 10 heavy (non-hydrogen) atoms. The second-order valence-electron chi connectivity index (χ2n) is 3.23. The number of fused-ring (bicyclic) bond motifs is 1. The maximum Gasteiger partial charge on any atom is 0.0265 e. The molecule has 2 nitrogen and oxygen atoms in total. The SMILES string of the molecule is CCN1[CH]CC2CNCC21. The van der Waals surface area contributed by atoms with Gasteiger partial charge in [0.2, 0.25) is 0 Å². The average Bonchev–Trinajstić information content (AvgIpc) is 2.44. The van der Waals surface area contributed by atoms with E-state index in [0.29, 0.717) is 0 Å². The predicted molar refractivity (Wildman–Crippen MR) is 41.4 cm³/mol. The van der Waals surface area contributed by atoms with E-state index in [0.717, 1.165) is 12.0 Å². The Labute approximate surface area is 62.6 Å². The molecule has 0 saturated carbocycles. The summed E-state index contributed by atoms with van der Waals surface area (Å²) in [6, 6.07) is 0.824. The Balaban J connectivity index is 2.01. The number of hydrogen-bond donors (Lipinski definition) is 1. The van der Waals surface area contributed by atoms with Gasteiger partial charge < -0.3 is 5.32 Å². The molecule has 1 radical (unpaired) electrons. The van der Waals surface area contributed by atoms with Crippen molar-refractivity contribution in [3.05, 3.63) is 6.54 Å². The fourth-order valence-electron chi connectivity index (χ4n) is 2.12. The zero-order valence-electron chi connectivity index (χ0n) is 6.51. The molecular weight excluding hydrogens is 124 g/mol. The van der Waals surface area contributed by atoms with Gasteiger partial charge in [0.25, 0.3) is 0 Å². The van der Waals surface area contributed by atoms with Crippen molar-refractivity contribution in [3.8, 4) is 0 Å². The Morgan fingerprint density at radius 1 is 1.60 bits per heavy atom. The molecule has 2 aliphatic heterocycles. The lowest BCUT2D eigenvalue weighted by Gasteiger charge is -2.19. The van der Waals surface area contributed by atoms with Crippen LogP contribution in [0.2, 0.25) is 0 Å². The first-order valence-electron chi connectivity index (χ1n) is 4.21. The normalized spacial score (nSPS) is 40.5. The van der Waals surface area contributed by atoms with E-state index in [4.69, 9.17) is 0 Å². The summed E-state index contributed by atoms with van der Waals surface area (Å²) in [6.45, 7) is 8.23. The third-order valence-electron chi connectivity index (χ3n) is 2.74. The molecule has 2 fully saturated rings. The van der Waals surface area contributed by atoms with Crippen LogP contribution < -0.4 is 5.32 Å². The van der Waals surface area contributed by atoms with Gasteiger partial charge in [-0.15, -0.1) is 0 Å². The van der Waals surface area contributed by atoms with Gasteiger partial charge in [-0.1, -0.05) is 6.92 Å². The molecular formula is C8H15N2. The topological polar surface area (TPSA) is 15.3 Å². The number of likely N-dealkylation sites (tertiary alicyclic amines) is 1. The van der Waals surface area contributed by atoms with Crippen molar-refractivity contribution < 1.29 is 0 Å². The van der Waals surface area contributed by atoms with Crippen LogP contribution in [0.3, 0.4) is 0 Å². The summed E-state index contributed by atoms with van der Waals surface area (Å²) in [5.41, 5.74) is 0. The van der Waals surface area contributed by atoms with Crippen LogP contribution in [-0.2, 0) is 0 Å². The lowest BCUT2D eigenvalue weighted by molar-refractivity contribution is 0.296. The molecule has 2 unspecified atom stereocenters. The van der Waals surface area contributed by atoms with Crippen LogP contribution in [0.4, 0.5) is 0 Å². The van der Waals surface area contributed by atoms with E-state index in [1.54, 1.807) is 0 Å². The molecule has 1 N–H and O–H groups in total. The van der Waals surface area contributed by atoms with E-state index >= 15 is 0 Å². The third-order valence-corrected chi connectivity index (χ3v) is 2.74. The van der Waals surface area contributed by atoms with E-state index in [9.17, 15) is 0 Å². The maximum absolute atomic E-state index is 3.43. The minimum atomic E-state index is 0.824. The minimum absolute atomic E-state index is 0.824. The zero-order valence-corrected chi connectivity index (χ0v) is 6.51. The average molecular weight is 139 g/mol. The highest BCUT2D eigenvalue weighted by Crippen LogP contribution is 2.28. The summed E-state index contributed by atoms with van der Waals surface area (Å²) in [7, 11) is 0. The van der Waals surface area contributed by atoms with Crippen molar-refractivity contribution in [1.29, 1.82) is 0 Å². The molecule has 0 aromatic heterocycles. The number of nitrogens with one attached hydrogen (secondary N) is 1. The maximum atomic E-state index is 3.43. The van der Waals surface area contributed by atoms with Crippen molar-refractivity contribution >= 4 is 0 Å². The Hall–Kier alpha value is -0.0800. The van der Waals surface area contributed by atoms with Gasteiger partial charge in [0.05, 0.1) is 0 Å². The minimum Gasteiger partial charge on any atom is -0.315 e. The van der Waals surface area contributed by atoms with Crippen LogP contribution in [0.25, 0.3) is 0 Å². The molecule has 0 aliphatic carbocycles. The molecule has 2 aliphatic rings. The number of nitrogens with zero attached hydrogens (tertiary/aromatic N) is 1. The third kappa shape index (κ3) is 0.867. The van der Waals surface area contributed by atoms with Crippen LogP contribution in [0.5, 0.6) is 0 Å². The molecule has 2 saturated heterocycles. The molecule has 0 amide bonds. The van der Waals surface area contributed by atoms with Gasteiger partial charge in [-0.25, -0.2) is 0 Å². The van der Waals surface area contributed by atoms with Gasteiger partial charge in [0, 0.05) is 19.1 Å². The monoisotopic (exact) mass is 139 g/mol. The summed E-state index contributed by atoms with van der Waals surface area (Å²) in [6.07, 6.45) is 1.30. The van der Waals surface area contributed by atoms with Gasteiger partial charge in [0.15, 0.2) is 0 Å². The Bertz CT molecular complexity index is 124. The van der Waals surface area contributed by atoms with Crippen LogP contribution in [0, 0.1) is 12.5 Å². The van der Waals surface area contributed by atoms with Gasteiger partial charge in [-0.3, -0.25) is 4.90 Å². The highest BCUT2D eigenvalue weighted by molar-refractivity contribution is 4.98. The van der Waals surface area contributed by atoms with Gasteiger partial charge >= 0.3 is 0 Å². The molecule has 2 atom stereocenters. The molecule has 0 aromatic carbocycles. The molecule has 2 heterocycles. The van der Waals surface area contributed by atoms with Crippen LogP contribution >= 0.6 is 0 Å². The van der Waals surface area contributed by atoms with E-state index in [-0.39, 0.29) is 0 Å². The molecule has 0 spiro atoms. The van der Waals surface area contributed by atoms with Crippen molar-refractivity contribution in [2.75, 3.05) is 19.6 Å². The van der Waals surface area contributed by atoms with E-state index in [1.165, 1.54) is 26.1 Å². The first-order valence-corrected chi connectivity index (χ1v) is 4.21. The lowest BCUT2D eigenvalue weighted by Crippen LogP contribution is -2.31. The Morgan fingerprint density at radius 2 is 2.50 bits per heavy atom. The largest absolute Gasteiger partial charge is 0.315 e. The summed E-state index contributed by atoms with van der Waals surface area (Å²) in [5, 5.41) is 3.43. The molecule has 0 bridgehead atoms. The smallest absolute Gasteiger partial charge is 0.0265 e. The van der Waals surface area contributed by atoms with Crippen molar-refractivity contribution in [1.82, 2.24) is 10.2 Å². The Morgan fingerprint density at radius 3 is 3.30 bits per heavy atom. The summed E-state index contributed by atoms with van der Waals surface area (Å²) in [5.74, 6) is 0.917. The van der Waals surface area contributed by atoms with E-state index in [2.05, 4.69) is 23.7 Å². The van der Waals surface area contributed by atoms with E-state index < -0.39 is 0 Å². The number of hydrogen-bond acceptors (Lipinski definition) is 2. The van der Waals surface area contributed by atoms with Crippen molar-refractivity contribution in [3.63, 3.8) is 0 Å². The first-order chi connectivity index (χ1) is 4.92. The second-order valence-corrected chi connectivity index (χ2v) is 3.23. The summed E-state index contributed by atoms with van der Waals surface area (Å²) >= 11 is 0.